The molecule has 1 heterocycles. The minimum absolute atomic E-state index is 0.0261. The van der Waals surface area contributed by atoms with E-state index >= 15 is 0 Å². The van der Waals surface area contributed by atoms with Crippen LogP contribution in [0.5, 0.6) is 0 Å². The fourth-order valence-electron chi connectivity index (χ4n) is 3.25. The van der Waals surface area contributed by atoms with Gasteiger partial charge < -0.3 is 15.4 Å². The minimum atomic E-state index is -0.872. The van der Waals surface area contributed by atoms with Crippen LogP contribution in [-0.4, -0.2) is 34.6 Å². The van der Waals surface area contributed by atoms with E-state index in [-0.39, 0.29) is 30.2 Å². The number of halogens is 1. The van der Waals surface area contributed by atoms with Crippen molar-refractivity contribution in [2.24, 2.45) is 0 Å². The third kappa shape index (κ3) is 5.66. The van der Waals surface area contributed by atoms with Crippen LogP contribution < -0.4 is 21.9 Å². The van der Waals surface area contributed by atoms with E-state index < -0.39 is 35.5 Å². The second-order valence-corrected chi connectivity index (χ2v) is 7.17. The number of anilines is 2. The number of carbonyl (C=O) groups is 2. The van der Waals surface area contributed by atoms with Gasteiger partial charge in [-0.3, -0.25) is 19.1 Å². The number of ether oxygens (including phenoxy) is 1. The molecule has 3 N–H and O–H groups in total. The van der Waals surface area contributed by atoms with Crippen LogP contribution in [0.4, 0.5) is 15.9 Å². The van der Waals surface area contributed by atoms with Gasteiger partial charge in [0.15, 0.2) is 12.3 Å². The van der Waals surface area contributed by atoms with Gasteiger partial charge in [-0.2, -0.15) is 0 Å². The summed E-state index contributed by atoms with van der Waals surface area (Å²) in [6, 6.07) is 14.8. The Balaban J connectivity index is 1.77. The van der Waals surface area contributed by atoms with E-state index in [2.05, 4.69) is 4.98 Å². The van der Waals surface area contributed by atoms with Crippen molar-refractivity contribution < 1.29 is 18.7 Å². The Kier molecular flexibility index (Phi) is 7.75. The van der Waals surface area contributed by atoms with Gasteiger partial charge >= 0.3 is 11.7 Å². The zero-order valence-electron chi connectivity index (χ0n) is 18.4. The summed E-state index contributed by atoms with van der Waals surface area (Å²) in [6.07, 6.45) is 2.21. The molecule has 34 heavy (non-hydrogen) atoms. The van der Waals surface area contributed by atoms with E-state index in [0.717, 1.165) is 21.1 Å². The number of hydrogen-bond acceptors (Lipinski definition) is 6. The number of nitrogen functional groups attached to an aromatic ring is 1. The molecule has 0 saturated heterocycles. The molecular weight excluding hydrogens is 443 g/mol. The number of aromatic nitrogens is 2. The Morgan fingerprint density at radius 3 is 2.47 bits per heavy atom. The second-order valence-electron chi connectivity index (χ2n) is 7.17. The number of rotatable bonds is 8. The van der Waals surface area contributed by atoms with Gasteiger partial charge in [-0.1, -0.05) is 48.5 Å². The summed E-state index contributed by atoms with van der Waals surface area (Å²) >= 11 is 0. The van der Waals surface area contributed by atoms with Gasteiger partial charge in [0, 0.05) is 18.2 Å². The summed E-state index contributed by atoms with van der Waals surface area (Å²) in [5, 5.41) is 0. The molecule has 2 aromatic carbocycles. The van der Waals surface area contributed by atoms with Crippen molar-refractivity contribution in [2.75, 3.05) is 23.8 Å². The number of aromatic amines is 1. The predicted molar refractivity (Wildman–Crippen MR) is 126 cm³/mol. The number of hydrogen-bond donors (Lipinski definition) is 2. The topological polar surface area (TPSA) is 127 Å². The van der Waals surface area contributed by atoms with Gasteiger partial charge in [0.1, 0.15) is 11.6 Å². The molecule has 3 rings (SSSR count). The third-order valence-electron chi connectivity index (χ3n) is 4.93. The van der Waals surface area contributed by atoms with Crippen LogP contribution in [0.1, 0.15) is 18.1 Å². The van der Waals surface area contributed by atoms with Gasteiger partial charge in [-0.25, -0.2) is 14.0 Å². The first kappa shape index (κ1) is 24.2. The van der Waals surface area contributed by atoms with Crippen LogP contribution in [0.25, 0.3) is 6.08 Å². The van der Waals surface area contributed by atoms with Crippen molar-refractivity contribution in [1.82, 2.24) is 9.55 Å². The standard InChI is InChI=1S/C24H23FN4O5/c1-2-28(19(30)15-34-20(31)13-12-17-10-6-7-11-18(17)25)21-22(26)29(24(33)27-23(21)32)14-16-8-4-3-5-9-16/h3-13H,2,14-15,26H2,1H3,(H,27,32,33)/b13-12+. The van der Waals surface area contributed by atoms with E-state index in [9.17, 15) is 23.6 Å². The molecule has 1 aromatic heterocycles. The average Bonchev–Trinajstić information content (AvgIpc) is 2.83. The number of likely N-dealkylation sites (N-methyl/N-ethyl adjacent to an activating group) is 1. The van der Waals surface area contributed by atoms with Crippen LogP contribution in [0.2, 0.25) is 0 Å². The lowest BCUT2D eigenvalue weighted by atomic mass is 10.2. The van der Waals surface area contributed by atoms with Gasteiger partial charge in [0.2, 0.25) is 0 Å². The molecule has 0 aliphatic rings. The third-order valence-corrected chi connectivity index (χ3v) is 4.93. The lowest BCUT2D eigenvalue weighted by molar-refractivity contribution is -0.142. The van der Waals surface area contributed by atoms with Gasteiger partial charge in [0.25, 0.3) is 11.5 Å². The Hall–Kier alpha value is -4.47. The highest BCUT2D eigenvalue weighted by Crippen LogP contribution is 2.18. The number of amides is 1. The van der Waals surface area contributed by atoms with Crippen LogP contribution in [0.3, 0.4) is 0 Å². The highest BCUT2D eigenvalue weighted by Gasteiger charge is 2.23. The Labute approximate surface area is 193 Å². The maximum Gasteiger partial charge on any atom is 0.331 e. The van der Waals surface area contributed by atoms with E-state index in [1.807, 2.05) is 6.07 Å². The fourth-order valence-corrected chi connectivity index (χ4v) is 3.25. The molecule has 1 amide bonds. The van der Waals surface area contributed by atoms with Crippen molar-refractivity contribution in [2.45, 2.75) is 13.5 Å². The fraction of sp³-hybridized carbons (Fsp3) is 0.167. The van der Waals surface area contributed by atoms with Crippen LogP contribution in [0, 0.1) is 5.82 Å². The normalized spacial score (nSPS) is 10.9. The summed E-state index contributed by atoms with van der Waals surface area (Å²) in [4.78, 5) is 52.8. The number of nitrogens with two attached hydrogens (primary N) is 1. The molecule has 3 aromatic rings. The maximum absolute atomic E-state index is 13.6. The van der Waals surface area contributed by atoms with Crippen LogP contribution in [-0.2, 0) is 20.9 Å². The molecule has 0 spiro atoms. The number of esters is 1. The molecular formula is C24H23FN4O5. The first-order chi connectivity index (χ1) is 16.3. The number of carbonyl (C=O) groups excluding carboxylic acids is 2. The lowest BCUT2D eigenvalue weighted by Crippen LogP contribution is -2.42. The predicted octanol–water partition coefficient (Wildman–Crippen LogP) is 1.92. The maximum atomic E-state index is 13.6. The Morgan fingerprint density at radius 2 is 1.79 bits per heavy atom. The van der Waals surface area contributed by atoms with Gasteiger partial charge in [-0.05, 0) is 24.6 Å². The van der Waals surface area contributed by atoms with Crippen molar-refractivity contribution in [3.8, 4) is 0 Å². The number of H-pyrrole nitrogens is 1. The largest absolute Gasteiger partial charge is 0.452 e. The minimum Gasteiger partial charge on any atom is -0.452 e. The number of nitrogens with zero attached hydrogens (tertiary/aromatic N) is 2. The molecule has 0 saturated carbocycles. The molecule has 0 aliphatic carbocycles. The van der Waals surface area contributed by atoms with Crippen molar-refractivity contribution in [3.63, 3.8) is 0 Å². The second kappa shape index (κ2) is 10.9. The molecule has 0 bridgehead atoms. The summed E-state index contributed by atoms with van der Waals surface area (Å²) in [6.45, 7) is 1.02. The van der Waals surface area contributed by atoms with Crippen molar-refractivity contribution in [3.05, 3.63) is 98.5 Å². The zero-order valence-corrected chi connectivity index (χ0v) is 18.4. The van der Waals surface area contributed by atoms with E-state index in [0.29, 0.717) is 0 Å². The van der Waals surface area contributed by atoms with Gasteiger partial charge in [0.05, 0.1) is 6.54 Å². The van der Waals surface area contributed by atoms with Crippen molar-refractivity contribution >= 4 is 29.5 Å². The SMILES string of the molecule is CCN(C(=O)COC(=O)/C=C/c1ccccc1F)c1c(N)n(Cc2ccccc2)c(=O)[nH]c1=O. The molecule has 176 valence electrons. The number of nitrogens with one attached hydrogen (secondary N) is 1. The molecule has 0 aliphatic heterocycles. The molecule has 0 atom stereocenters. The first-order valence-corrected chi connectivity index (χ1v) is 10.4. The van der Waals surface area contributed by atoms with Crippen LogP contribution >= 0.6 is 0 Å². The molecule has 9 nitrogen and oxygen atoms in total. The highest BCUT2D eigenvalue weighted by molar-refractivity contribution is 5.98. The lowest BCUT2D eigenvalue weighted by Gasteiger charge is -2.23. The van der Waals surface area contributed by atoms with Crippen LogP contribution in [0.15, 0.2) is 70.3 Å². The van der Waals surface area contributed by atoms with Crippen molar-refractivity contribution in [1.29, 1.82) is 0 Å². The molecule has 10 heteroatoms. The average molecular weight is 466 g/mol. The summed E-state index contributed by atoms with van der Waals surface area (Å²) in [5.74, 6) is -2.31. The highest BCUT2D eigenvalue weighted by atomic mass is 19.1. The Morgan fingerprint density at radius 1 is 1.12 bits per heavy atom. The van der Waals surface area contributed by atoms with E-state index in [1.165, 1.54) is 24.3 Å². The summed E-state index contributed by atoms with van der Waals surface area (Å²) in [5.41, 5.74) is 5.29. The zero-order chi connectivity index (χ0) is 24.7. The molecule has 0 radical (unpaired) electrons. The first-order valence-electron chi connectivity index (χ1n) is 10.4. The number of benzene rings is 2. The van der Waals surface area contributed by atoms with E-state index in [1.54, 1.807) is 37.3 Å². The summed E-state index contributed by atoms with van der Waals surface area (Å²) in [7, 11) is 0. The summed E-state index contributed by atoms with van der Waals surface area (Å²) < 4.78 is 19.7. The molecule has 0 fully saturated rings. The smallest absolute Gasteiger partial charge is 0.331 e. The van der Waals surface area contributed by atoms with E-state index in [4.69, 9.17) is 10.5 Å². The Bertz CT molecular complexity index is 1330. The quantitative estimate of drug-likeness (QED) is 0.386. The molecule has 0 unspecified atom stereocenters. The van der Waals surface area contributed by atoms with Gasteiger partial charge in [-0.15, -0.1) is 0 Å². The monoisotopic (exact) mass is 466 g/mol.